The Morgan fingerprint density at radius 3 is 2.51 bits per heavy atom. The molecule has 2 saturated heterocycles. The smallest absolute Gasteiger partial charge is 0.242 e. The van der Waals surface area contributed by atoms with E-state index in [0.29, 0.717) is 48.7 Å². The van der Waals surface area contributed by atoms with Crippen molar-refractivity contribution in [2.75, 3.05) is 31.5 Å². The number of amides is 2. The van der Waals surface area contributed by atoms with E-state index in [1.807, 2.05) is 11.0 Å². The van der Waals surface area contributed by atoms with E-state index in [4.69, 9.17) is 22.1 Å². The third-order valence-electron chi connectivity index (χ3n) is 8.40. The van der Waals surface area contributed by atoms with Crippen LogP contribution in [0.5, 0.6) is 0 Å². The molecule has 0 bridgehead atoms. The lowest BCUT2D eigenvalue weighted by molar-refractivity contribution is -0.153. The predicted molar refractivity (Wildman–Crippen MR) is 161 cm³/mol. The van der Waals surface area contributed by atoms with E-state index in [1.165, 1.54) is 12.1 Å². The van der Waals surface area contributed by atoms with Crippen molar-refractivity contribution in [3.05, 3.63) is 94.3 Å². The van der Waals surface area contributed by atoms with Gasteiger partial charge in [-0.2, -0.15) is 0 Å². The minimum atomic E-state index is -1.18. The highest BCUT2D eigenvalue weighted by Crippen LogP contribution is 2.32. The molecule has 5 rings (SSSR count). The number of ether oxygens (including phenoxy) is 1. The molecule has 8 nitrogen and oxygen atoms in total. The number of nitrogens with zero attached hydrogens (tertiary/aromatic N) is 2. The number of likely N-dealkylation sites (tertiary alicyclic amines) is 1. The number of aromatic nitrogens is 1. The molecule has 228 valence electrons. The van der Waals surface area contributed by atoms with Crippen LogP contribution in [0.3, 0.4) is 0 Å². The fourth-order valence-electron chi connectivity index (χ4n) is 6.05. The maximum absolute atomic E-state index is 14.2. The van der Waals surface area contributed by atoms with Gasteiger partial charge in [0.2, 0.25) is 11.8 Å². The number of hydrogen-bond donors (Lipinski definition) is 3. The molecule has 0 radical (unpaired) electrons. The molecule has 11 heteroatoms. The van der Waals surface area contributed by atoms with E-state index >= 15 is 0 Å². The Bertz CT molecular complexity index is 1430. The average Bonchev–Trinajstić information content (AvgIpc) is 2.97. The Balaban J connectivity index is 1.28. The second-order valence-corrected chi connectivity index (χ2v) is 11.8. The van der Waals surface area contributed by atoms with Crippen LogP contribution in [0.1, 0.15) is 48.8 Å². The molecule has 2 fully saturated rings. The Hall–Kier alpha value is -3.44. The third kappa shape index (κ3) is 7.56. The first kappa shape index (κ1) is 31.0. The van der Waals surface area contributed by atoms with Crippen molar-refractivity contribution < 1.29 is 23.1 Å². The zero-order valence-corrected chi connectivity index (χ0v) is 24.7. The number of aryl methyl sites for hydroxylation is 1. The molecule has 2 amide bonds. The number of halogens is 3. The zero-order chi connectivity index (χ0) is 30.6. The summed E-state index contributed by atoms with van der Waals surface area (Å²) in [7, 11) is 0. The summed E-state index contributed by atoms with van der Waals surface area (Å²) >= 11 is 6.06. The highest BCUT2D eigenvalue weighted by Gasteiger charge is 2.40. The number of morpholine rings is 1. The summed E-state index contributed by atoms with van der Waals surface area (Å²) in [6, 6.07) is 10.5. The average molecular weight is 612 g/mol. The Morgan fingerprint density at radius 1 is 1.14 bits per heavy atom. The van der Waals surface area contributed by atoms with Gasteiger partial charge in [-0.3, -0.25) is 14.6 Å². The fraction of sp³-hybridized carbons (Fsp3) is 0.406. The molecule has 1 aromatic heterocycles. The number of carbonyl (C=O) groups excluding carboxylic acids is 2. The molecule has 0 saturated carbocycles. The number of benzene rings is 2. The maximum Gasteiger partial charge on any atom is 0.242 e. The fourth-order valence-corrected chi connectivity index (χ4v) is 6.18. The molecule has 43 heavy (non-hydrogen) atoms. The van der Waals surface area contributed by atoms with Gasteiger partial charge in [0, 0.05) is 56.3 Å². The second kappa shape index (κ2) is 13.5. The van der Waals surface area contributed by atoms with E-state index in [2.05, 4.69) is 15.6 Å². The molecule has 3 heterocycles. The second-order valence-electron chi connectivity index (χ2n) is 11.4. The number of hydrogen-bond acceptors (Lipinski definition) is 6. The quantitative estimate of drug-likeness (QED) is 0.348. The van der Waals surface area contributed by atoms with Crippen molar-refractivity contribution >= 4 is 29.1 Å². The van der Waals surface area contributed by atoms with Gasteiger partial charge in [0.1, 0.15) is 11.6 Å². The summed E-state index contributed by atoms with van der Waals surface area (Å²) in [5, 5.41) is 6.88. The topological polar surface area (TPSA) is 110 Å². The van der Waals surface area contributed by atoms with Crippen LogP contribution >= 0.6 is 11.6 Å². The Labute approximate surface area is 254 Å². The number of anilines is 1. The van der Waals surface area contributed by atoms with Crippen LogP contribution in [0.15, 0.2) is 60.9 Å². The van der Waals surface area contributed by atoms with Gasteiger partial charge >= 0.3 is 0 Å². The van der Waals surface area contributed by atoms with E-state index < -0.39 is 29.5 Å². The number of piperidine rings is 1. The van der Waals surface area contributed by atoms with Crippen LogP contribution in [0, 0.1) is 11.6 Å². The lowest BCUT2D eigenvalue weighted by Gasteiger charge is -2.46. The van der Waals surface area contributed by atoms with Crippen molar-refractivity contribution in [1.29, 1.82) is 0 Å². The molecular formula is C32H36ClF2N5O3. The van der Waals surface area contributed by atoms with E-state index in [9.17, 15) is 18.4 Å². The molecule has 0 aliphatic carbocycles. The van der Waals surface area contributed by atoms with E-state index in [0.717, 1.165) is 31.0 Å². The van der Waals surface area contributed by atoms with Crippen molar-refractivity contribution in [1.82, 2.24) is 15.2 Å². The van der Waals surface area contributed by atoms with Gasteiger partial charge in [-0.25, -0.2) is 8.78 Å². The maximum atomic E-state index is 14.2. The highest BCUT2D eigenvalue weighted by atomic mass is 35.5. The minimum Gasteiger partial charge on any atom is -0.369 e. The van der Waals surface area contributed by atoms with E-state index in [1.54, 1.807) is 43.6 Å². The summed E-state index contributed by atoms with van der Waals surface area (Å²) in [5.74, 6) is -2.80. The van der Waals surface area contributed by atoms with Gasteiger partial charge in [-0.15, -0.1) is 0 Å². The molecule has 1 spiro atoms. The monoisotopic (exact) mass is 611 g/mol. The standard InChI is InChI=1S/C32H36ClF2N5O3/c1-20(41)40-12-9-32(10-13-40)19-38-17-27(43-32)7-4-21-8-11-37-18-28(21)39-31(42)30(36)29(22-2-5-24(33)6-3-22)23-14-25(34)16-26(35)15-23/h2-3,5-6,8,11,14-16,18,27,29-30,38H,4,7,9-10,12-13,17,19,36H2,1H3,(H,39,42)/t27-,29+,30+/m1/s1. The summed E-state index contributed by atoms with van der Waals surface area (Å²) < 4.78 is 35.0. The molecule has 2 aliphatic heterocycles. The minimum absolute atomic E-state index is 0.0336. The number of pyridine rings is 1. The lowest BCUT2D eigenvalue weighted by atomic mass is 9.84. The predicted octanol–water partition coefficient (Wildman–Crippen LogP) is 4.41. The number of nitrogens with one attached hydrogen (secondary N) is 2. The zero-order valence-electron chi connectivity index (χ0n) is 24.0. The van der Waals surface area contributed by atoms with Crippen molar-refractivity contribution in [3.63, 3.8) is 0 Å². The Morgan fingerprint density at radius 2 is 1.84 bits per heavy atom. The van der Waals surface area contributed by atoms with Crippen molar-refractivity contribution in [3.8, 4) is 0 Å². The normalized spacial score (nSPS) is 19.6. The highest BCUT2D eigenvalue weighted by molar-refractivity contribution is 6.30. The van der Waals surface area contributed by atoms with Gasteiger partial charge in [-0.05, 0) is 72.7 Å². The molecular weight excluding hydrogens is 576 g/mol. The van der Waals surface area contributed by atoms with Gasteiger partial charge in [-0.1, -0.05) is 23.7 Å². The van der Waals surface area contributed by atoms with Crippen LogP contribution in [0.4, 0.5) is 14.5 Å². The summed E-state index contributed by atoms with van der Waals surface area (Å²) in [5.41, 5.74) is 8.41. The van der Waals surface area contributed by atoms with Crippen LogP contribution in [0.2, 0.25) is 5.02 Å². The summed E-state index contributed by atoms with van der Waals surface area (Å²) in [6.45, 7) is 4.43. The van der Waals surface area contributed by atoms with Crippen molar-refractivity contribution in [2.45, 2.75) is 56.3 Å². The van der Waals surface area contributed by atoms with Gasteiger partial charge < -0.3 is 26.0 Å². The number of carbonyl (C=O) groups is 2. The first-order valence-electron chi connectivity index (χ1n) is 14.5. The molecule has 0 unspecified atom stereocenters. The van der Waals surface area contributed by atoms with Gasteiger partial charge in [0.05, 0.1) is 29.6 Å². The third-order valence-corrected chi connectivity index (χ3v) is 8.65. The first-order valence-corrected chi connectivity index (χ1v) is 14.9. The molecule has 2 aliphatic rings. The summed E-state index contributed by atoms with van der Waals surface area (Å²) in [4.78, 5) is 31.3. The van der Waals surface area contributed by atoms with E-state index in [-0.39, 0.29) is 23.2 Å². The molecule has 2 aromatic carbocycles. The van der Waals surface area contributed by atoms with Gasteiger partial charge in [0.25, 0.3) is 0 Å². The first-order chi connectivity index (χ1) is 20.6. The van der Waals surface area contributed by atoms with Crippen LogP contribution < -0.4 is 16.4 Å². The SMILES string of the molecule is CC(=O)N1CCC2(CC1)CNC[C@@H](CCc1ccncc1NC(=O)[C@@H](N)[C@@H](c1ccc(Cl)cc1)c1cc(F)cc(F)c1)O2. The van der Waals surface area contributed by atoms with Crippen molar-refractivity contribution in [2.24, 2.45) is 5.73 Å². The number of nitrogens with two attached hydrogens (primary N) is 1. The van der Waals surface area contributed by atoms with Crippen LogP contribution in [-0.4, -0.2) is 65.6 Å². The van der Waals surface area contributed by atoms with Crippen LogP contribution in [0.25, 0.3) is 0 Å². The lowest BCUT2D eigenvalue weighted by Crippen LogP contribution is -2.58. The van der Waals surface area contributed by atoms with Crippen LogP contribution in [-0.2, 0) is 20.7 Å². The number of rotatable bonds is 8. The Kier molecular flexibility index (Phi) is 9.71. The molecule has 3 atom stereocenters. The largest absolute Gasteiger partial charge is 0.369 e. The van der Waals surface area contributed by atoms with Gasteiger partial charge in [0.15, 0.2) is 0 Å². The summed E-state index contributed by atoms with van der Waals surface area (Å²) in [6.07, 6.45) is 6.09. The molecule has 3 aromatic rings. The molecule has 4 N–H and O–H groups in total.